The van der Waals surface area contributed by atoms with Crippen LogP contribution in [-0.2, 0) is 9.59 Å². The number of allylic oxidation sites excluding steroid dienone is 2. The second-order valence-corrected chi connectivity index (χ2v) is 14.3. The molecule has 0 aromatic heterocycles. The molecule has 0 aromatic rings. The summed E-state index contributed by atoms with van der Waals surface area (Å²) in [6.45, 7) is 17.1. The van der Waals surface area contributed by atoms with Crippen molar-refractivity contribution in [3.63, 3.8) is 0 Å². The van der Waals surface area contributed by atoms with Gasteiger partial charge in [0.1, 0.15) is 5.78 Å². The molecule has 4 aliphatic rings. The number of Topliss-reactive ketones (excluding diaryl/α,β-unsaturated/α-hetero) is 1. The summed E-state index contributed by atoms with van der Waals surface area (Å²) in [5.74, 6) is 1.03. The normalized spacial score (nSPS) is 47.1. The molecule has 0 amide bonds. The van der Waals surface area contributed by atoms with Crippen LogP contribution in [0.1, 0.15) is 107 Å². The van der Waals surface area contributed by atoms with Gasteiger partial charge in [-0.05, 0) is 105 Å². The first kappa shape index (κ1) is 26.1. The molecule has 0 spiro atoms. The Kier molecular flexibility index (Phi) is 6.14. The third-order valence-corrected chi connectivity index (χ3v) is 11.9. The molecule has 2 N–H and O–H groups in total. The molecule has 9 atom stereocenters. The molecule has 192 valence electrons. The standard InChI is InChI=1S/C30H48O4/c1-18(2)15-19(31)17-30(8,34)20-9-13-28(6)21(20)16-22(32)25-27(5)12-11-24(33)26(3,4)23(27)10-14-29(25,28)7/h15,20-23,25,32,34H,9-14,16-17H2,1-8H3/t20-,21+,22+,23-,25+,27-,28+,29+,30+/m0/s1. The Morgan fingerprint density at radius 1 is 1.06 bits per heavy atom. The summed E-state index contributed by atoms with van der Waals surface area (Å²) in [6.07, 6.45) is 7.48. The van der Waals surface area contributed by atoms with E-state index < -0.39 is 11.7 Å². The zero-order chi connectivity index (χ0) is 25.5. The third kappa shape index (κ3) is 3.52. The number of carbonyl (C=O) groups is 2. The van der Waals surface area contributed by atoms with Gasteiger partial charge in [0.15, 0.2) is 5.78 Å². The zero-order valence-corrected chi connectivity index (χ0v) is 22.8. The number of aliphatic hydroxyl groups is 2. The van der Waals surface area contributed by atoms with E-state index in [0.717, 1.165) is 37.7 Å². The van der Waals surface area contributed by atoms with Gasteiger partial charge >= 0.3 is 0 Å². The Balaban J connectivity index is 1.68. The maximum atomic E-state index is 12.9. The Labute approximate surface area is 207 Å². The average molecular weight is 473 g/mol. The van der Waals surface area contributed by atoms with Crippen LogP contribution in [0.25, 0.3) is 0 Å². The molecule has 0 radical (unpaired) electrons. The highest BCUT2D eigenvalue weighted by Gasteiger charge is 2.71. The minimum absolute atomic E-state index is 0.00465. The Morgan fingerprint density at radius 3 is 2.29 bits per heavy atom. The minimum Gasteiger partial charge on any atom is -0.393 e. The Bertz CT molecular complexity index is 895. The first-order valence-electron chi connectivity index (χ1n) is 13.6. The Morgan fingerprint density at radius 2 is 1.68 bits per heavy atom. The number of hydrogen-bond donors (Lipinski definition) is 2. The quantitative estimate of drug-likeness (QED) is 0.501. The predicted molar refractivity (Wildman–Crippen MR) is 135 cm³/mol. The lowest BCUT2D eigenvalue weighted by Crippen LogP contribution is -2.67. The van der Waals surface area contributed by atoms with Crippen molar-refractivity contribution in [2.24, 2.45) is 45.3 Å². The lowest BCUT2D eigenvalue weighted by Gasteiger charge is -2.70. The number of aliphatic hydroxyl groups excluding tert-OH is 1. The van der Waals surface area contributed by atoms with Gasteiger partial charge in [0.05, 0.1) is 11.7 Å². The van der Waals surface area contributed by atoms with Crippen LogP contribution < -0.4 is 0 Å². The second kappa shape index (κ2) is 8.00. The molecule has 4 nitrogen and oxygen atoms in total. The molecule has 0 unspecified atom stereocenters. The van der Waals surface area contributed by atoms with Gasteiger partial charge in [0.25, 0.3) is 0 Å². The number of hydrogen-bond acceptors (Lipinski definition) is 4. The van der Waals surface area contributed by atoms with E-state index in [1.165, 1.54) is 0 Å². The van der Waals surface area contributed by atoms with Crippen molar-refractivity contribution in [3.8, 4) is 0 Å². The summed E-state index contributed by atoms with van der Waals surface area (Å²) < 4.78 is 0. The van der Waals surface area contributed by atoms with E-state index in [2.05, 4.69) is 34.6 Å². The molecule has 0 heterocycles. The van der Waals surface area contributed by atoms with Gasteiger partial charge < -0.3 is 10.2 Å². The monoisotopic (exact) mass is 472 g/mol. The van der Waals surface area contributed by atoms with Crippen molar-refractivity contribution >= 4 is 11.6 Å². The van der Waals surface area contributed by atoms with Crippen LogP contribution in [0.4, 0.5) is 0 Å². The molecule has 34 heavy (non-hydrogen) atoms. The molecule has 4 rings (SSSR count). The number of carbonyl (C=O) groups excluding carboxylic acids is 2. The highest BCUT2D eigenvalue weighted by molar-refractivity contribution is 5.91. The molecule has 0 aromatic carbocycles. The van der Waals surface area contributed by atoms with Crippen molar-refractivity contribution in [2.75, 3.05) is 0 Å². The summed E-state index contributed by atoms with van der Waals surface area (Å²) >= 11 is 0. The molecule has 0 aliphatic heterocycles. The zero-order valence-electron chi connectivity index (χ0n) is 22.8. The summed E-state index contributed by atoms with van der Waals surface area (Å²) in [6, 6.07) is 0. The Hall–Kier alpha value is -1.00. The van der Waals surface area contributed by atoms with E-state index in [-0.39, 0.29) is 51.6 Å². The number of rotatable bonds is 4. The van der Waals surface area contributed by atoms with Crippen molar-refractivity contribution in [1.29, 1.82) is 0 Å². The van der Waals surface area contributed by atoms with Crippen molar-refractivity contribution < 1.29 is 19.8 Å². The van der Waals surface area contributed by atoms with Gasteiger partial charge in [-0.3, -0.25) is 9.59 Å². The lowest BCUT2D eigenvalue weighted by atomic mass is 9.35. The number of ketones is 2. The van der Waals surface area contributed by atoms with Crippen LogP contribution in [0.5, 0.6) is 0 Å². The van der Waals surface area contributed by atoms with Crippen LogP contribution in [0.3, 0.4) is 0 Å². The van der Waals surface area contributed by atoms with Crippen LogP contribution in [0.2, 0.25) is 0 Å². The smallest absolute Gasteiger partial charge is 0.158 e. The van der Waals surface area contributed by atoms with Crippen LogP contribution in [0.15, 0.2) is 11.6 Å². The van der Waals surface area contributed by atoms with E-state index in [4.69, 9.17) is 0 Å². The summed E-state index contributed by atoms with van der Waals surface area (Å²) in [4.78, 5) is 25.5. The van der Waals surface area contributed by atoms with Crippen molar-refractivity contribution in [2.45, 2.75) is 118 Å². The van der Waals surface area contributed by atoms with Crippen LogP contribution in [-0.4, -0.2) is 33.5 Å². The van der Waals surface area contributed by atoms with Crippen molar-refractivity contribution in [1.82, 2.24) is 0 Å². The number of fused-ring (bicyclic) bond motifs is 5. The highest BCUT2D eigenvalue weighted by atomic mass is 16.3. The lowest BCUT2D eigenvalue weighted by molar-refractivity contribution is -0.241. The minimum atomic E-state index is -1.07. The summed E-state index contributed by atoms with van der Waals surface area (Å²) in [5, 5.41) is 23.4. The van der Waals surface area contributed by atoms with Gasteiger partial charge in [-0.1, -0.05) is 40.2 Å². The average Bonchev–Trinajstić information content (AvgIpc) is 3.03. The van der Waals surface area contributed by atoms with Gasteiger partial charge in [0, 0.05) is 18.3 Å². The molecule has 0 bridgehead atoms. The molecule has 4 heteroatoms. The van der Waals surface area contributed by atoms with Gasteiger partial charge in [-0.15, -0.1) is 0 Å². The molecule has 4 fully saturated rings. The predicted octanol–water partition coefficient (Wildman–Crippen LogP) is 5.89. The fourth-order valence-electron chi connectivity index (χ4n) is 10.2. The topological polar surface area (TPSA) is 74.6 Å². The van der Waals surface area contributed by atoms with Crippen molar-refractivity contribution in [3.05, 3.63) is 11.6 Å². The van der Waals surface area contributed by atoms with Gasteiger partial charge in [-0.2, -0.15) is 0 Å². The maximum absolute atomic E-state index is 12.9. The molecular formula is C30H48O4. The van der Waals surface area contributed by atoms with Gasteiger partial charge in [0.2, 0.25) is 0 Å². The van der Waals surface area contributed by atoms with Gasteiger partial charge in [-0.25, -0.2) is 0 Å². The molecule has 4 saturated carbocycles. The molecule has 4 aliphatic carbocycles. The molecular weight excluding hydrogens is 424 g/mol. The highest BCUT2D eigenvalue weighted by Crippen LogP contribution is 2.75. The second-order valence-electron chi connectivity index (χ2n) is 14.3. The fraction of sp³-hybridized carbons (Fsp3) is 0.867. The van der Waals surface area contributed by atoms with Crippen LogP contribution in [0, 0.1) is 45.3 Å². The third-order valence-electron chi connectivity index (χ3n) is 11.9. The van der Waals surface area contributed by atoms with E-state index in [0.29, 0.717) is 24.5 Å². The maximum Gasteiger partial charge on any atom is 0.158 e. The first-order valence-corrected chi connectivity index (χ1v) is 13.6. The van der Waals surface area contributed by atoms with E-state index in [1.54, 1.807) is 6.08 Å². The SMILES string of the molecule is CC(C)=CC(=O)C[C@@](C)(O)[C@H]1CC[C@]2(C)[C@@H]1C[C@@H](O)[C@@H]1[C@@]3(C)CCC(=O)C(C)(C)[C@@H]3CC[C@]12C. The van der Waals surface area contributed by atoms with E-state index in [9.17, 15) is 19.8 Å². The van der Waals surface area contributed by atoms with E-state index in [1.807, 2.05) is 20.8 Å². The van der Waals surface area contributed by atoms with Crippen LogP contribution >= 0.6 is 0 Å². The summed E-state index contributed by atoms with van der Waals surface area (Å²) in [7, 11) is 0. The summed E-state index contributed by atoms with van der Waals surface area (Å²) in [5.41, 5.74) is -0.554. The van der Waals surface area contributed by atoms with E-state index >= 15 is 0 Å². The molecule has 0 saturated heterocycles. The largest absolute Gasteiger partial charge is 0.393 e. The first-order chi connectivity index (χ1) is 15.5. The fourth-order valence-corrected chi connectivity index (χ4v) is 10.2.